The number of anilines is 1. The number of esters is 1. The quantitative estimate of drug-likeness (QED) is 0.642. The fourth-order valence-corrected chi connectivity index (χ4v) is 1.59. The number of carbonyl (C=O) groups is 2. The standard InChI is InChI=1S/C15H19NO4/c1-2-19-15(18)4-3-9-20-12-7-5-11-6-8-14(17)16-13(11)10-12/h5,7,10H,2-4,6,8-9H2,1H3,(H,16,17)/i6D2,7D,8D2,10D. The lowest BCUT2D eigenvalue weighted by Gasteiger charge is -2.17. The van der Waals surface area contributed by atoms with E-state index in [1.54, 1.807) is 6.92 Å². The molecule has 1 aliphatic heterocycles. The maximum Gasteiger partial charge on any atom is 0.305 e. The van der Waals surface area contributed by atoms with E-state index in [9.17, 15) is 9.59 Å². The fraction of sp³-hybridized carbons (Fsp3) is 0.467. The molecule has 1 heterocycles. The van der Waals surface area contributed by atoms with Crippen molar-refractivity contribution >= 4 is 17.6 Å². The molecule has 0 spiro atoms. The molecule has 20 heavy (non-hydrogen) atoms. The monoisotopic (exact) mass is 283 g/mol. The molecule has 5 heteroatoms. The predicted molar refractivity (Wildman–Crippen MR) is 74.8 cm³/mol. The summed E-state index contributed by atoms with van der Waals surface area (Å²) >= 11 is 0. The van der Waals surface area contributed by atoms with Crippen LogP contribution in [0.25, 0.3) is 0 Å². The molecule has 108 valence electrons. The van der Waals surface area contributed by atoms with Crippen LogP contribution in [0.15, 0.2) is 18.2 Å². The zero-order valence-electron chi connectivity index (χ0n) is 17.0. The summed E-state index contributed by atoms with van der Waals surface area (Å²) < 4.78 is 57.4. The van der Waals surface area contributed by atoms with Crippen molar-refractivity contribution in [1.82, 2.24) is 0 Å². The number of hydrogen-bond acceptors (Lipinski definition) is 4. The first-order valence-corrected chi connectivity index (χ1v) is 6.28. The molecule has 0 saturated heterocycles. The summed E-state index contributed by atoms with van der Waals surface area (Å²) in [6.45, 7) is 1.99. The summed E-state index contributed by atoms with van der Waals surface area (Å²) in [6, 6.07) is 0.336. The van der Waals surface area contributed by atoms with Crippen molar-refractivity contribution in [3.63, 3.8) is 0 Å². The molecule has 0 aromatic heterocycles. The Morgan fingerprint density at radius 2 is 2.40 bits per heavy atom. The van der Waals surface area contributed by atoms with E-state index in [1.165, 1.54) is 0 Å². The molecule has 0 radical (unpaired) electrons. The molecule has 1 aromatic carbocycles. The average molecular weight is 283 g/mol. The van der Waals surface area contributed by atoms with E-state index in [-0.39, 0.29) is 48.6 Å². The van der Waals surface area contributed by atoms with Crippen LogP contribution in [0.4, 0.5) is 5.69 Å². The summed E-state index contributed by atoms with van der Waals surface area (Å²) in [5, 5.41) is 2.19. The number of rotatable bonds is 6. The molecular weight excluding hydrogens is 258 g/mol. The van der Waals surface area contributed by atoms with Crippen molar-refractivity contribution in [1.29, 1.82) is 0 Å². The van der Waals surface area contributed by atoms with Crippen LogP contribution in [0.2, 0.25) is 0 Å². The predicted octanol–water partition coefficient (Wildman–Crippen LogP) is 2.29. The maximum absolute atomic E-state index is 11.9. The van der Waals surface area contributed by atoms with E-state index in [1.807, 2.05) is 0 Å². The molecule has 0 unspecified atom stereocenters. The average Bonchev–Trinajstić information content (AvgIpc) is 2.54. The second kappa shape index (κ2) is 6.93. The van der Waals surface area contributed by atoms with Crippen LogP contribution in [-0.4, -0.2) is 25.1 Å². The first kappa shape index (κ1) is 8.29. The molecule has 1 N–H and O–H groups in total. The van der Waals surface area contributed by atoms with Gasteiger partial charge in [0, 0.05) is 30.0 Å². The number of ether oxygens (including phenoxy) is 2. The van der Waals surface area contributed by atoms with Gasteiger partial charge in [0.25, 0.3) is 0 Å². The van der Waals surface area contributed by atoms with Crippen LogP contribution in [0.5, 0.6) is 5.75 Å². The number of fused-ring (bicyclic) bond motifs is 1. The molecule has 1 aromatic rings. The van der Waals surface area contributed by atoms with E-state index in [0.29, 0.717) is 6.42 Å². The molecule has 0 aliphatic carbocycles. The van der Waals surface area contributed by atoms with Gasteiger partial charge in [-0.1, -0.05) is 6.07 Å². The van der Waals surface area contributed by atoms with E-state index in [2.05, 4.69) is 5.32 Å². The van der Waals surface area contributed by atoms with Gasteiger partial charge in [-0.05, 0) is 31.3 Å². The van der Waals surface area contributed by atoms with Gasteiger partial charge in [-0.2, -0.15) is 0 Å². The highest BCUT2D eigenvalue weighted by Gasteiger charge is 2.14. The lowest BCUT2D eigenvalue weighted by Crippen LogP contribution is -2.18. The molecule has 0 saturated carbocycles. The molecule has 1 aliphatic rings. The summed E-state index contributed by atoms with van der Waals surface area (Å²) in [4.78, 5) is 23.2. The number of amides is 1. The van der Waals surface area contributed by atoms with Crippen LogP contribution in [0, 0.1) is 0 Å². The highest BCUT2D eigenvalue weighted by Crippen LogP contribution is 2.27. The number of nitrogens with one attached hydrogen (secondary N) is 1. The molecule has 0 fully saturated rings. The third-order valence-corrected chi connectivity index (χ3v) is 2.48. The summed E-state index contributed by atoms with van der Waals surface area (Å²) in [6.07, 6.45) is -5.12. The van der Waals surface area contributed by atoms with E-state index < -0.39 is 24.7 Å². The Morgan fingerprint density at radius 1 is 1.55 bits per heavy atom. The van der Waals surface area contributed by atoms with Crippen molar-refractivity contribution in [2.45, 2.75) is 32.5 Å². The van der Waals surface area contributed by atoms with Crippen molar-refractivity contribution in [2.24, 2.45) is 0 Å². The normalized spacial score (nSPS) is 22.8. The van der Waals surface area contributed by atoms with Crippen LogP contribution in [-0.2, 0) is 20.7 Å². The number of hydrogen-bond donors (Lipinski definition) is 1. The number of aryl methyl sites for hydroxylation is 1. The van der Waals surface area contributed by atoms with Gasteiger partial charge in [-0.3, -0.25) is 9.59 Å². The first-order valence-electron chi connectivity index (χ1n) is 9.28. The SMILES string of the molecule is [2H]c1cc2c(c([2H])c1OCCCC(=O)OCC)NC(=O)C([2H])([2H])C2([2H])[2H]. The topological polar surface area (TPSA) is 64.6 Å². The Bertz CT molecular complexity index is 737. The second-order valence-corrected chi connectivity index (χ2v) is 3.99. The molecule has 2 rings (SSSR count). The second-order valence-electron chi connectivity index (χ2n) is 3.99. The maximum atomic E-state index is 11.9. The van der Waals surface area contributed by atoms with Crippen molar-refractivity contribution in [2.75, 3.05) is 18.5 Å². The van der Waals surface area contributed by atoms with Crippen molar-refractivity contribution < 1.29 is 27.3 Å². The molecule has 1 amide bonds. The van der Waals surface area contributed by atoms with Gasteiger partial charge in [0.15, 0.2) is 0 Å². The lowest BCUT2D eigenvalue weighted by atomic mass is 10.0. The summed E-state index contributed by atoms with van der Waals surface area (Å²) in [5.74, 6) is -1.76. The van der Waals surface area contributed by atoms with Gasteiger partial charge in [-0.15, -0.1) is 0 Å². The molecule has 5 nitrogen and oxygen atoms in total. The summed E-state index contributed by atoms with van der Waals surface area (Å²) in [7, 11) is 0. The van der Waals surface area contributed by atoms with Gasteiger partial charge < -0.3 is 14.8 Å². The Labute approximate surface area is 126 Å². The third-order valence-electron chi connectivity index (χ3n) is 2.48. The van der Waals surface area contributed by atoms with Crippen LogP contribution < -0.4 is 10.1 Å². The highest BCUT2D eigenvalue weighted by molar-refractivity contribution is 5.94. The third kappa shape index (κ3) is 3.98. The Hall–Kier alpha value is -2.04. The minimum Gasteiger partial charge on any atom is -0.494 e. The lowest BCUT2D eigenvalue weighted by molar-refractivity contribution is -0.143. The minimum absolute atomic E-state index is 0.0248. The van der Waals surface area contributed by atoms with E-state index >= 15 is 0 Å². The van der Waals surface area contributed by atoms with Gasteiger partial charge in [-0.25, -0.2) is 0 Å². The molecule has 0 atom stereocenters. The van der Waals surface area contributed by atoms with E-state index in [4.69, 9.17) is 17.7 Å². The Kier molecular flexibility index (Phi) is 2.88. The van der Waals surface area contributed by atoms with Gasteiger partial charge in [0.2, 0.25) is 5.91 Å². The zero-order valence-corrected chi connectivity index (χ0v) is 11.0. The summed E-state index contributed by atoms with van der Waals surface area (Å²) in [5.41, 5.74) is -0.498. The highest BCUT2D eigenvalue weighted by atomic mass is 16.5. The van der Waals surface area contributed by atoms with E-state index in [0.717, 1.165) is 6.07 Å². The van der Waals surface area contributed by atoms with Crippen molar-refractivity contribution in [3.05, 3.63) is 23.7 Å². The van der Waals surface area contributed by atoms with Crippen molar-refractivity contribution in [3.8, 4) is 5.75 Å². The van der Waals surface area contributed by atoms with Crippen LogP contribution >= 0.6 is 0 Å². The van der Waals surface area contributed by atoms with Gasteiger partial charge in [0.05, 0.1) is 16.0 Å². The Morgan fingerprint density at radius 3 is 3.20 bits per heavy atom. The van der Waals surface area contributed by atoms with Gasteiger partial charge in [0.1, 0.15) is 5.75 Å². The number of carbonyl (C=O) groups excluding carboxylic acids is 2. The number of benzene rings is 1. The smallest absolute Gasteiger partial charge is 0.305 e. The fourth-order valence-electron chi connectivity index (χ4n) is 1.59. The van der Waals surface area contributed by atoms with Gasteiger partial charge >= 0.3 is 5.97 Å². The molecule has 0 bridgehead atoms. The Balaban J connectivity index is 2.24. The van der Waals surface area contributed by atoms with Crippen LogP contribution in [0.1, 0.15) is 39.9 Å². The van der Waals surface area contributed by atoms with Crippen LogP contribution in [0.3, 0.4) is 0 Å². The zero-order chi connectivity index (χ0) is 19.7. The first-order chi connectivity index (χ1) is 12.0. The largest absolute Gasteiger partial charge is 0.494 e. The minimum atomic E-state index is -2.83. The molecular formula is C15H19NO4.